The summed E-state index contributed by atoms with van der Waals surface area (Å²) in [5, 5.41) is 8.54. The van der Waals surface area contributed by atoms with E-state index in [2.05, 4.69) is 27.1 Å². The predicted molar refractivity (Wildman–Crippen MR) is 121 cm³/mol. The summed E-state index contributed by atoms with van der Waals surface area (Å²) in [4.78, 5) is 33.6. The van der Waals surface area contributed by atoms with Crippen molar-refractivity contribution in [2.24, 2.45) is 4.99 Å². The van der Waals surface area contributed by atoms with Crippen molar-refractivity contribution in [3.8, 4) is 0 Å². The van der Waals surface area contributed by atoms with Crippen molar-refractivity contribution in [2.75, 3.05) is 34.2 Å². The van der Waals surface area contributed by atoms with E-state index in [0.717, 1.165) is 25.1 Å². The number of fused-ring (bicyclic) bond motifs is 1. The van der Waals surface area contributed by atoms with E-state index in [1.807, 2.05) is 29.2 Å². The molecule has 1 aromatic carbocycles. The summed E-state index contributed by atoms with van der Waals surface area (Å²) < 4.78 is 0. The van der Waals surface area contributed by atoms with Crippen LogP contribution in [0.5, 0.6) is 0 Å². The van der Waals surface area contributed by atoms with Crippen LogP contribution in [0, 0.1) is 0 Å². The Hall–Kier alpha value is -2.87. The largest absolute Gasteiger partial charge is 0.356 e. The summed E-state index contributed by atoms with van der Waals surface area (Å²) in [6.45, 7) is 2.63. The third-order valence-corrected chi connectivity index (χ3v) is 6.11. The molecule has 0 saturated heterocycles. The molecule has 0 aliphatic carbocycles. The molecule has 0 spiro atoms. The number of hydrogen-bond acceptors (Lipinski definition) is 4. The molecule has 0 fully saturated rings. The number of benzene rings is 1. The Morgan fingerprint density at radius 1 is 1.17 bits per heavy atom. The van der Waals surface area contributed by atoms with Crippen LogP contribution < -0.4 is 10.6 Å². The standard InChI is InChI=1S/C22H29N5O2S/c1-23-22(25-14-16-4-6-17(7-5-16)21(29)26(2)3)24-11-8-20(28)27-12-9-19-18(15-27)10-13-30-19/h4-7,10,13H,8-9,11-12,14-15H2,1-3H3,(H2,23,24,25). The summed E-state index contributed by atoms with van der Waals surface area (Å²) in [5.41, 5.74) is 2.99. The van der Waals surface area contributed by atoms with Crippen LogP contribution in [-0.4, -0.2) is 61.8 Å². The number of amides is 2. The van der Waals surface area contributed by atoms with Crippen molar-refractivity contribution in [2.45, 2.75) is 25.9 Å². The number of hydrogen-bond donors (Lipinski definition) is 2. The van der Waals surface area contributed by atoms with Gasteiger partial charge in [-0.2, -0.15) is 0 Å². The Morgan fingerprint density at radius 2 is 1.93 bits per heavy atom. The Labute approximate surface area is 181 Å². The number of thiophene rings is 1. The second-order valence-electron chi connectivity index (χ2n) is 7.43. The smallest absolute Gasteiger partial charge is 0.253 e. The SMILES string of the molecule is CN=C(NCCC(=O)N1CCc2sccc2C1)NCc1ccc(C(=O)N(C)C)cc1. The van der Waals surface area contributed by atoms with Crippen molar-refractivity contribution in [3.63, 3.8) is 0 Å². The molecule has 2 N–H and O–H groups in total. The van der Waals surface area contributed by atoms with Crippen LogP contribution in [0.25, 0.3) is 0 Å². The highest BCUT2D eigenvalue weighted by Crippen LogP contribution is 2.24. The zero-order valence-electron chi connectivity index (χ0n) is 17.8. The van der Waals surface area contributed by atoms with Gasteiger partial charge in [-0.3, -0.25) is 14.6 Å². The zero-order chi connectivity index (χ0) is 21.5. The van der Waals surface area contributed by atoms with Gasteiger partial charge in [0.2, 0.25) is 5.91 Å². The minimum absolute atomic E-state index is 0.0134. The van der Waals surface area contributed by atoms with Crippen molar-refractivity contribution < 1.29 is 9.59 Å². The molecule has 2 aromatic rings. The van der Waals surface area contributed by atoms with Gasteiger partial charge in [-0.15, -0.1) is 11.3 Å². The number of aliphatic imine (C=N–C) groups is 1. The van der Waals surface area contributed by atoms with Crippen LogP contribution in [0.2, 0.25) is 0 Å². The Morgan fingerprint density at radius 3 is 2.63 bits per heavy atom. The van der Waals surface area contributed by atoms with Gasteiger partial charge in [-0.25, -0.2) is 0 Å². The van der Waals surface area contributed by atoms with E-state index in [1.165, 1.54) is 10.4 Å². The first-order chi connectivity index (χ1) is 14.5. The average molecular weight is 428 g/mol. The predicted octanol–water partition coefficient (Wildman–Crippen LogP) is 2.09. The van der Waals surface area contributed by atoms with Crippen LogP contribution in [0.15, 0.2) is 40.7 Å². The zero-order valence-corrected chi connectivity index (χ0v) is 18.6. The van der Waals surface area contributed by atoms with Crippen LogP contribution >= 0.6 is 11.3 Å². The summed E-state index contributed by atoms with van der Waals surface area (Å²) in [6.07, 6.45) is 1.38. The molecule has 0 bridgehead atoms. The lowest BCUT2D eigenvalue weighted by Crippen LogP contribution is -2.40. The molecular weight excluding hydrogens is 398 g/mol. The van der Waals surface area contributed by atoms with Gasteiger partial charge in [0.15, 0.2) is 5.96 Å². The molecule has 2 amide bonds. The molecule has 30 heavy (non-hydrogen) atoms. The van der Waals surface area contributed by atoms with E-state index in [1.54, 1.807) is 37.4 Å². The van der Waals surface area contributed by atoms with Crippen LogP contribution in [-0.2, 0) is 24.3 Å². The maximum Gasteiger partial charge on any atom is 0.253 e. The van der Waals surface area contributed by atoms with E-state index in [9.17, 15) is 9.59 Å². The third-order valence-electron chi connectivity index (χ3n) is 5.08. The van der Waals surface area contributed by atoms with Gasteiger partial charge in [0.1, 0.15) is 0 Å². The molecule has 0 saturated carbocycles. The van der Waals surface area contributed by atoms with Crippen molar-refractivity contribution >= 4 is 29.1 Å². The molecular formula is C22H29N5O2S. The van der Waals surface area contributed by atoms with E-state index in [4.69, 9.17) is 0 Å². The fraction of sp³-hybridized carbons (Fsp3) is 0.409. The molecule has 1 aliphatic heterocycles. The maximum atomic E-state index is 12.5. The first-order valence-electron chi connectivity index (χ1n) is 10.1. The number of carbonyl (C=O) groups is 2. The molecule has 2 heterocycles. The van der Waals surface area contributed by atoms with Gasteiger partial charge >= 0.3 is 0 Å². The lowest BCUT2D eigenvalue weighted by Gasteiger charge is -2.27. The van der Waals surface area contributed by atoms with Crippen molar-refractivity contribution in [3.05, 3.63) is 57.3 Å². The highest BCUT2D eigenvalue weighted by molar-refractivity contribution is 7.10. The van der Waals surface area contributed by atoms with E-state index < -0.39 is 0 Å². The van der Waals surface area contributed by atoms with Gasteiger partial charge in [0.25, 0.3) is 5.91 Å². The van der Waals surface area contributed by atoms with Crippen LogP contribution in [0.4, 0.5) is 0 Å². The monoisotopic (exact) mass is 427 g/mol. The molecule has 0 radical (unpaired) electrons. The summed E-state index contributed by atoms with van der Waals surface area (Å²) in [5.74, 6) is 0.798. The molecule has 1 aliphatic rings. The highest BCUT2D eigenvalue weighted by atomic mass is 32.1. The third kappa shape index (κ3) is 5.60. The second kappa shape index (κ2) is 10.2. The molecule has 7 nitrogen and oxygen atoms in total. The highest BCUT2D eigenvalue weighted by Gasteiger charge is 2.21. The number of nitrogens with zero attached hydrogens (tertiary/aromatic N) is 3. The fourth-order valence-electron chi connectivity index (χ4n) is 3.34. The average Bonchev–Trinajstić information content (AvgIpc) is 3.23. The van der Waals surface area contributed by atoms with Gasteiger partial charge in [0, 0.05) is 64.2 Å². The van der Waals surface area contributed by atoms with E-state index in [-0.39, 0.29) is 11.8 Å². The summed E-state index contributed by atoms with van der Waals surface area (Å²) in [7, 11) is 5.18. The Bertz CT molecular complexity index is 905. The molecule has 3 rings (SSSR count). The first kappa shape index (κ1) is 21.8. The van der Waals surface area contributed by atoms with Crippen LogP contribution in [0.1, 0.15) is 32.8 Å². The molecule has 0 unspecified atom stereocenters. The minimum Gasteiger partial charge on any atom is -0.356 e. The number of guanidine groups is 1. The normalized spacial score (nSPS) is 13.6. The van der Waals surface area contributed by atoms with Crippen molar-refractivity contribution in [1.82, 2.24) is 20.4 Å². The lowest BCUT2D eigenvalue weighted by molar-refractivity contribution is -0.131. The fourth-order valence-corrected chi connectivity index (χ4v) is 4.23. The van der Waals surface area contributed by atoms with Crippen molar-refractivity contribution in [1.29, 1.82) is 0 Å². The van der Waals surface area contributed by atoms with Gasteiger partial charge in [0.05, 0.1) is 0 Å². The van der Waals surface area contributed by atoms with Gasteiger partial charge < -0.3 is 20.4 Å². The van der Waals surface area contributed by atoms with Crippen LogP contribution in [0.3, 0.4) is 0 Å². The number of rotatable bonds is 6. The quantitative estimate of drug-likeness (QED) is 0.547. The van der Waals surface area contributed by atoms with E-state index in [0.29, 0.717) is 31.0 Å². The van der Waals surface area contributed by atoms with Gasteiger partial charge in [-0.1, -0.05) is 12.1 Å². The molecule has 1 aromatic heterocycles. The second-order valence-corrected chi connectivity index (χ2v) is 8.43. The summed E-state index contributed by atoms with van der Waals surface area (Å²) in [6, 6.07) is 9.62. The number of carbonyl (C=O) groups excluding carboxylic acids is 2. The topological polar surface area (TPSA) is 77.0 Å². The van der Waals surface area contributed by atoms with E-state index >= 15 is 0 Å². The maximum absolute atomic E-state index is 12.5. The van der Waals surface area contributed by atoms with Gasteiger partial charge in [-0.05, 0) is 41.1 Å². The lowest BCUT2D eigenvalue weighted by atomic mass is 10.1. The number of nitrogens with one attached hydrogen (secondary N) is 2. The molecule has 0 atom stereocenters. The Kier molecular flexibility index (Phi) is 7.46. The summed E-state index contributed by atoms with van der Waals surface area (Å²) >= 11 is 1.78. The Balaban J connectivity index is 1.41. The molecule has 160 valence electrons. The minimum atomic E-state index is -0.0134. The first-order valence-corrected chi connectivity index (χ1v) is 10.9. The molecule has 8 heteroatoms.